The summed E-state index contributed by atoms with van der Waals surface area (Å²) in [5.74, 6) is -0.232. The molecule has 0 saturated carbocycles. The highest BCUT2D eigenvalue weighted by Crippen LogP contribution is 2.34. The molecule has 0 spiro atoms. The maximum absolute atomic E-state index is 11.4. The molecule has 3 nitrogen and oxygen atoms in total. The van der Waals surface area contributed by atoms with Crippen LogP contribution in [0, 0.1) is 0 Å². The van der Waals surface area contributed by atoms with Crippen LogP contribution in [0.5, 0.6) is 0 Å². The molecule has 0 heterocycles. The summed E-state index contributed by atoms with van der Waals surface area (Å²) in [6, 6.07) is 5.71. The average Bonchev–Trinajstić information content (AvgIpc) is 2.59. The molecule has 2 N–H and O–H groups in total. The van der Waals surface area contributed by atoms with Crippen LogP contribution in [-0.4, -0.2) is 13.1 Å². The Kier molecular flexibility index (Phi) is 2.15. The van der Waals surface area contributed by atoms with E-state index >= 15 is 0 Å². The Morgan fingerprint density at radius 1 is 1.57 bits per heavy atom. The van der Waals surface area contributed by atoms with Gasteiger partial charge in [-0.25, -0.2) is 0 Å². The van der Waals surface area contributed by atoms with E-state index < -0.39 is 0 Å². The van der Waals surface area contributed by atoms with Gasteiger partial charge in [-0.1, -0.05) is 6.07 Å². The minimum atomic E-state index is -0.145. The molecule has 0 amide bonds. The van der Waals surface area contributed by atoms with Crippen molar-refractivity contribution in [3.05, 3.63) is 29.3 Å². The Bertz CT molecular complexity index is 374. The first-order valence-corrected chi connectivity index (χ1v) is 4.68. The fraction of sp³-hybridized carbons (Fsp3) is 0.364. The molecule has 14 heavy (non-hydrogen) atoms. The quantitative estimate of drug-likeness (QED) is 0.540. The van der Waals surface area contributed by atoms with Gasteiger partial charge in [0.05, 0.1) is 13.0 Å². The van der Waals surface area contributed by atoms with E-state index in [-0.39, 0.29) is 11.9 Å². The number of benzene rings is 1. The summed E-state index contributed by atoms with van der Waals surface area (Å²) in [5, 5.41) is 0. The van der Waals surface area contributed by atoms with Crippen LogP contribution in [-0.2, 0) is 16.0 Å². The molecule has 1 aromatic rings. The van der Waals surface area contributed by atoms with E-state index in [1.54, 1.807) is 0 Å². The first-order chi connectivity index (χ1) is 6.72. The normalized spacial score (nSPS) is 19.1. The molecule has 1 aliphatic carbocycles. The van der Waals surface area contributed by atoms with Gasteiger partial charge >= 0.3 is 5.97 Å². The zero-order valence-electron chi connectivity index (χ0n) is 8.12. The van der Waals surface area contributed by atoms with Crippen molar-refractivity contribution in [1.82, 2.24) is 0 Å². The predicted octanol–water partition coefficient (Wildman–Crippen LogP) is 1.47. The second-order valence-electron chi connectivity index (χ2n) is 3.57. The molecule has 1 aliphatic rings. The first-order valence-electron chi connectivity index (χ1n) is 4.68. The van der Waals surface area contributed by atoms with Gasteiger partial charge in [-0.05, 0) is 36.1 Å². The lowest BCUT2D eigenvalue weighted by atomic mass is 10.0. The van der Waals surface area contributed by atoms with Gasteiger partial charge in [-0.3, -0.25) is 4.79 Å². The Balaban J connectivity index is 2.35. The van der Waals surface area contributed by atoms with Crippen LogP contribution >= 0.6 is 0 Å². The van der Waals surface area contributed by atoms with Crippen LogP contribution in [0.3, 0.4) is 0 Å². The summed E-state index contributed by atoms with van der Waals surface area (Å²) in [5.41, 5.74) is 8.68. The van der Waals surface area contributed by atoms with E-state index in [0.717, 1.165) is 24.1 Å². The third kappa shape index (κ3) is 1.35. The van der Waals surface area contributed by atoms with Gasteiger partial charge in [0.2, 0.25) is 0 Å². The van der Waals surface area contributed by atoms with Gasteiger partial charge in [-0.2, -0.15) is 0 Å². The lowest BCUT2D eigenvalue weighted by molar-refractivity contribution is -0.142. The number of nitrogens with two attached hydrogens (primary N) is 1. The summed E-state index contributed by atoms with van der Waals surface area (Å²) >= 11 is 0. The highest BCUT2D eigenvalue weighted by molar-refractivity contribution is 5.80. The van der Waals surface area contributed by atoms with Crippen molar-refractivity contribution in [3.63, 3.8) is 0 Å². The molecule has 0 bridgehead atoms. The number of aryl methyl sites for hydroxylation is 1. The molecule has 0 aliphatic heterocycles. The lowest BCUT2D eigenvalue weighted by Crippen LogP contribution is -2.11. The molecule has 0 radical (unpaired) electrons. The van der Waals surface area contributed by atoms with Crippen LogP contribution in [0.1, 0.15) is 23.5 Å². The van der Waals surface area contributed by atoms with Gasteiger partial charge < -0.3 is 10.5 Å². The van der Waals surface area contributed by atoms with E-state index in [9.17, 15) is 4.79 Å². The van der Waals surface area contributed by atoms with Crippen molar-refractivity contribution in [2.24, 2.45) is 0 Å². The maximum Gasteiger partial charge on any atom is 0.313 e. The summed E-state index contributed by atoms with van der Waals surface area (Å²) in [4.78, 5) is 11.4. The van der Waals surface area contributed by atoms with E-state index in [0.29, 0.717) is 0 Å². The van der Waals surface area contributed by atoms with Crippen LogP contribution in [0.4, 0.5) is 5.69 Å². The number of carbonyl (C=O) groups excluding carboxylic acids is 1. The van der Waals surface area contributed by atoms with Crippen molar-refractivity contribution in [3.8, 4) is 0 Å². The number of carbonyl (C=O) groups is 1. The zero-order valence-corrected chi connectivity index (χ0v) is 8.12. The molecule has 2 rings (SSSR count). The van der Waals surface area contributed by atoms with Crippen LogP contribution in [0.2, 0.25) is 0 Å². The Labute approximate surface area is 82.9 Å². The zero-order chi connectivity index (χ0) is 10.1. The summed E-state index contributed by atoms with van der Waals surface area (Å²) in [6.45, 7) is 0. The average molecular weight is 191 g/mol. The Morgan fingerprint density at radius 3 is 3.07 bits per heavy atom. The van der Waals surface area contributed by atoms with E-state index in [4.69, 9.17) is 10.5 Å². The van der Waals surface area contributed by atoms with Crippen molar-refractivity contribution in [1.29, 1.82) is 0 Å². The van der Waals surface area contributed by atoms with Crippen molar-refractivity contribution in [2.75, 3.05) is 12.8 Å². The van der Waals surface area contributed by atoms with Gasteiger partial charge in [0.1, 0.15) is 0 Å². The molecular formula is C11H13NO2. The number of hydrogen-bond donors (Lipinski definition) is 1. The molecule has 0 saturated heterocycles. The standard InChI is InChI=1S/C11H13NO2/c1-14-11(13)10-4-2-7-6-8(12)3-5-9(7)10/h3,5-6,10H,2,4,12H2,1H3/t10-/m0/s1. The second kappa shape index (κ2) is 3.33. The van der Waals surface area contributed by atoms with Crippen LogP contribution in [0.25, 0.3) is 0 Å². The fourth-order valence-electron chi connectivity index (χ4n) is 2.02. The van der Waals surface area contributed by atoms with Crippen molar-refractivity contribution >= 4 is 11.7 Å². The van der Waals surface area contributed by atoms with Gasteiger partial charge in [0.25, 0.3) is 0 Å². The third-order valence-corrected chi connectivity index (χ3v) is 2.73. The number of esters is 1. The summed E-state index contributed by atoms with van der Waals surface area (Å²) < 4.78 is 4.75. The Hall–Kier alpha value is -1.51. The van der Waals surface area contributed by atoms with E-state index in [2.05, 4.69) is 0 Å². The monoisotopic (exact) mass is 191 g/mol. The number of ether oxygens (including phenoxy) is 1. The van der Waals surface area contributed by atoms with Gasteiger partial charge in [0, 0.05) is 5.69 Å². The number of hydrogen-bond acceptors (Lipinski definition) is 3. The topological polar surface area (TPSA) is 52.3 Å². The SMILES string of the molecule is COC(=O)[C@H]1CCc2cc(N)ccc21. The fourth-order valence-corrected chi connectivity index (χ4v) is 2.02. The summed E-state index contributed by atoms with van der Waals surface area (Å²) in [7, 11) is 1.43. The molecule has 1 aromatic carbocycles. The largest absolute Gasteiger partial charge is 0.469 e. The second-order valence-corrected chi connectivity index (χ2v) is 3.57. The number of fused-ring (bicyclic) bond motifs is 1. The van der Waals surface area contributed by atoms with Gasteiger partial charge in [-0.15, -0.1) is 0 Å². The number of nitrogen functional groups attached to an aromatic ring is 1. The predicted molar refractivity (Wildman–Crippen MR) is 53.9 cm³/mol. The molecule has 1 atom stereocenters. The smallest absolute Gasteiger partial charge is 0.313 e. The van der Waals surface area contributed by atoms with Crippen LogP contribution < -0.4 is 5.73 Å². The molecule has 0 unspecified atom stereocenters. The highest BCUT2D eigenvalue weighted by Gasteiger charge is 2.29. The number of anilines is 1. The minimum absolute atomic E-state index is 0.0874. The molecule has 0 aromatic heterocycles. The molecule has 74 valence electrons. The third-order valence-electron chi connectivity index (χ3n) is 2.73. The van der Waals surface area contributed by atoms with Gasteiger partial charge in [0.15, 0.2) is 0 Å². The Morgan fingerprint density at radius 2 is 2.36 bits per heavy atom. The van der Waals surface area contributed by atoms with E-state index in [1.807, 2.05) is 18.2 Å². The minimum Gasteiger partial charge on any atom is -0.469 e. The van der Waals surface area contributed by atoms with Crippen molar-refractivity contribution < 1.29 is 9.53 Å². The van der Waals surface area contributed by atoms with E-state index in [1.165, 1.54) is 12.7 Å². The molecular weight excluding hydrogens is 178 g/mol. The van der Waals surface area contributed by atoms with Crippen LogP contribution in [0.15, 0.2) is 18.2 Å². The van der Waals surface area contributed by atoms with Crippen molar-refractivity contribution in [2.45, 2.75) is 18.8 Å². The first kappa shape index (κ1) is 9.06. The number of methoxy groups -OCH3 is 1. The molecule has 0 fully saturated rings. The maximum atomic E-state index is 11.4. The lowest BCUT2D eigenvalue weighted by Gasteiger charge is -2.08. The number of rotatable bonds is 1. The summed E-state index contributed by atoms with van der Waals surface area (Å²) in [6.07, 6.45) is 1.76. The molecule has 3 heteroatoms. The highest BCUT2D eigenvalue weighted by atomic mass is 16.5.